The maximum atomic E-state index is 12.7. The summed E-state index contributed by atoms with van der Waals surface area (Å²) < 4.78 is 28.0. The van der Waals surface area contributed by atoms with Crippen molar-refractivity contribution in [2.24, 2.45) is 0 Å². The third-order valence-electron chi connectivity index (χ3n) is 4.49. The van der Waals surface area contributed by atoms with E-state index in [9.17, 15) is 18.5 Å². The van der Waals surface area contributed by atoms with E-state index in [4.69, 9.17) is 0 Å². The monoisotopic (exact) mass is 399 g/mol. The highest BCUT2D eigenvalue weighted by atomic mass is 32.2. The SMILES string of the molecule is CCC(CNc1cccc2ccccc12)NS(=O)(=O)c1ccccc1[N+](=O)[O-]. The Labute approximate surface area is 163 Å². The van der Waals surface area contributed by atoms with Crippen LogP contribution in [0.4, 0.5) is 11.4 Å². The summed E-state index contributed by atoms with van der Waals surface area (Å²) in [4.78, 5) is 10.1. The van der Waals surface area contributed by atoms with Crippen LogP contribution in [0.15, 0.2) is 71.6 Å². The van der Waals surface area contributed by atoms with E-state index in [-0.39, 0.29) is 4.90 Å². The zero-order valence-corrected chi connectivity index (χ0v) is 16.1. The van der Waals surface area contributed by atoms with Gasteiger partial charge in [-0.05, 0) is 23.9 Å². The summed E-state index contributed by atoms with van der Waals surface area (Å²) >= 11 is 0. The van der Waals surface area contributed by atoms with Crippen molar-refractivity contribution < 1.29 is 13.3 Å². The predicted molar refractivity (Wildman–Crippen MR) is 110 cm³/mol. The van der Waals surface area contributed by atoms with Crippen LogP contribution < -0.4 is 10.0 Å². The second-order valence-corrected chi connectivity index (χ2v) is 8.04. The highest BCUT2D eigenvalue weighted by molar-refractivity contribution is 7.89. The number of sulfonamides is 1. The van der Waals surface area contributed by atoms with E-state index in [0.29, 0.717) is 13.0 Å². The number of nitro groups is 1. The van der Waals surface area contributed by atoms with Gasteiger partial charge in [0, 0.05) is 29.7 Å². The molecule has 28 heavy (non-hydrogen) atoms. The number of nitrogens with one attached hydrogen (secondary N) is 2. The number of para-hydroxylation sites is 1. The highest BCUT2D eigenvalue weighted by Gasteiger charge is 2.27. The van der Waals surface area contributed by atoms with Gasteiger partial charge in [-0.2, -0.15) is 0 Å². The molecule has 0 aromatic heterocycles. The summed E-state index contributed by atoms with van der Waals surface area (Å²) in [6, 6.07) is 18.7. The van der Waals surface area contributed by atoms with E-state index in [2.05, 4.69) is 10.0 Å². The molecule has 1 atom stereocenters. The average molecular weight is 399 g/mol. The van der Waals surface area contributed by atoms with Gasteiger partial charge in [-0.15, -0.1) is 0 Å². The summed E-state index contributed by atoms with van der Waals surface area (Å²) in [6.07, 6.45) is 0.525. The number of nitro benzene ring substituents is 1. The van der Waals surface area contributed by atoms with Crippen LogP contribution in [0.1, 0.15) is 13.3 Å². The Hall–Kier alpha value is -2.97. The van der Waals surface area contributed by atoms with E-state index in [1.807, 2.05) is 49.4 Å². The molecule has 7 nitrogen and oxygen atoms in total. The zero-order valence-electron chi connectivity index (χ0n) is 15.3. The molecule has 0 radical (unpaired) electrons. The van der Waals surface area contributed by atoms with Gasteiger partial charge in [0.15, 0.2) is 4.90 Å². The lowest BCUT2D eigenvalue weighted by atomic mass is 10.1. The lowest BCUT2D eigenvalue weighted by Gasteiger charge is -2.19. The van der Waals surface area contributed by atoms with Gasteiger partial charge in [-0.3, -0.25) is 10.1 Å². The molecule has 0 amide bonds. The molecule has 0 spiro atoms. The largest absolute Gasteiger partial charge is 0.383 e. The van der Waals surface area contributed by atoms with Gasteiger partial charge in [-0.25, -0.2) is 13.1 Å². The van der Waals surface area contributed by atoms with Gasteiger partial charge in [0.2, 0.25) is 10.0 Å². The Morgan fingerprint density at radius 2 is 1.68 bits per heavy atom. The summed E-state index contributed by atoms with van der Waals surface area (Å²) in [5, 5.41) is 16.6. The molecule has 0 heterocycles. The molecule has 0 fully saturated rings. The number of hydrogen-bond acceptors (Lipinski definition) is 5. The smallest absolute Gasteiger partial charge is 0.289 e. The third-order valence-corrected chi connectivity index (χ3v) is 6.06. The number of hydrogen-bond donors (Lipinski definition) is 2. The van der Waals surface area contributed by atoms with Crippen LogP contribution in [-0.4, -0.2) is 25.9 Å². The van der Waals surface area contributed by atoms with Crippen LogP contribution in [0.25, 0.3) is 10.8 Å². The van der Waals surface area contributed by atoms with Gasteiger partial charge in [-0.1, -0.05) is 55.5 Å². The number of rotatable bonds is 8. The minimum absolute atomic E-state index is 0.330. The summed E-state index contributed by atoms with van der Waals surface area (Å²) in [5.41, 5.74) is 0.466. The van der Waals surface area contributed by atoms with Crippen LogP contribution in [0, 0.1) is 10.1 Å². The second-order valence-electron chi connectivity index (χ2n) is 6.36. The summed E-state index contributed by atoms with van der Waals surface area (Å²) in [7, 11) is -4.03. The van der Waals surface area contributed by atoms with Crippen molar-refractivity contribution in [1.82, 2.24) is 4.72 Å². The fraction of sp³-hybridized carbons (Fsp3) is 0.200. The Bertz CT molecular complexity index is 1090. The molecule has 0 aliphatic carbocycles. The van der Waals surface area contributed by atoms with Crippen LogP contribution in [0.2, 0.25) is 0 Å². The van der Waals surface area contributed by atoms with Crippen LogP contribution in [-0.2, 0) is 10.0 Å². The topological polar surface area (TPSA) is 101 Å². The maximum absolute atomic E-state index is 12.7. The fourth-order valence-corrected chi connectivity index (χ4v) is 4.49. The first-order valence-electron chi connectivity index (χ1n) is 8.89. The summed E-state index contributed by atoms with van der Waals surface area (Å²) in [5.74, 6) is 0. The molecule has 1 unspecified atom stereocenters. The molecule has 0 aliphatic heterocycles. The van der Waals surface area contributed by atoms with Crippen molar-refractivity contribution in [3.05, 3.63) is 76.8 Å². The van der Waals surface area contributed by atoms with Crippen molar-refractivity contribution in [3.63, 3.8) is 0 Å². The lowest BCUT2D eigenvalue weighted by Crippen LogP contribution is -2.39. The number of anilines is 1. The fourth-order valence-electron chi connectivity index (χ4n) is 3.00. The molecule has 0 saturated heterocycles. The quantitative estimate of drug-likeness (QED) is 0.442. The Kier molecular flexibility index (Phi) is 5.91. The summed E-state index contributed by atoms with van der Waals surface area (Å²) in [6.45, 7) is 2.21. The first-order valence-corrected chi connectivity index (χ1v) is 10.4. The minimum atomic E-state index is -4.03. The van der Waals surface area contributed by atoms with Crippen molar-refractivity contribution >= 4 is 32.2 Å². The predicted octanol–water partition coefficient (Wildman–Crippen LogP) is 3.92. The normalized spacial score (nSPS) is 12.6. The Balaban J connectivity index is 1.78. The molecule has 3 aromatic rings. The minimum Gasteiger partial charge on any atom is -0.383 e. The number of fused-ring (bicyclic) bond motifs is 1. The third kappa shape index (κ3) is 4.29. The zero-order chi connectivity index (χ0) is 20.1. The maximum Gasteiger partial charge on any atom is 0.289 e. The highest BCUT2D eigenvalue weighted by Crippen LogP contribution is 2.24. The first-order chi connectivity index (χ1) is 13.4. The van der Waals surface area contributed by atoms with Gasteiger partial charge in [0.1, 0.15) is 0 Å². The van der Waals surface area contributed by atoms with Gasteiger partial charge in [0.05, 0.1) is 4.92 Å². The molecule has 3 aromatic carbocycles. The molecule has 2 N–H and O–H groups in total. The molecule has 3 rings (SSSR count). The molecule has 0 aliphatic rings. The van der Waals surface area contributed by atoms with Gasteiger partial charge >= 0.3 is 0 Å². The van der Waals surface area contributed by atoms with Crippen LogP contribution in [0.5, 0.6) is 0 Å². The molecule has 8 heteroatoms. The molecular formula is C20H21N3O4S. The first kappa shape index (κ1) is 19.8. The second kappa shape index (κ2) is 8.37. The van der Waals surface area contributed by atoms with Crippen LogP contribution >= 0.6 is 0 Å². The van der Waals surface area contributed by atoms with Crippen molar-refractivity contribution in [3.8, 4) is 0 Å². The average Bonchev–Trinajstić information content (AvgIpc) is 2.71. The van der Waals surface area contributed by atoms with Crippen molar-refractivity contribution in [1.29, 1.82) is 0 Å². The standard InChI is InChI=1S/C20H21N3O4S/c1-2-16(14-21-18-11-7-9-15-8-3-4-10-17(15)18)22-28(26,27)20-13-6-5-12-19(20)23(24)25/h3-13,16,21-22H,2,14H2,1H3. The Morgan fingerprint density at radius 3 is 2.43 bits per heavy atom. The number of benzene rings is 3. The van der Waals surface area contributed by atoms with E-state index in [1.165, 1.54) is 24.3 Å². The molecule has 0 saturated carbocycles. The molecule has 146 valence electrons. The van der Waals surface area contributed by atoms with E-state index < -0.39 is 26.7 Å². The molecular weight excluding hydrogens is 378 g/mol. The number of nitrogens with zero attached hydrogens (tertiary/aromatic N) is 1. The van der Waals surface area contributed by atoms with Crippen LogP contribution in [0.3, 0.4) is 0 Å². The van der Waals surface area contributed by atoms with E-state index in [1.54, 1.807) is 0 Å². The van der Waals surface area contributed by atoms with Crippen molar-refractivity contribution in [2.45, 2.75) is 24.3 Å². The van der Waals surface area contributed by atoms with Gasteiger partial charge < -0.3 is 5.32 Å². The van der Waals surface area contributed by atoms with Gasteiger partial charge in [0.25, 0.3) is 5.69 Å². The lowest BCUT2D eigenvalue weighted by molar-refractivity contribution is -0.387. The van der Waals surface area contributed by atoms with E-state index in [0.717, 1.165) is 16.5 Å². The van der Waals surface area contributed by atoms with Crippen molar-refractivity contribution in [2.75, 3.05) is 11.9 Å². The van der Waals surface area contributed by atoms with E-state index >= 15 is 0 Å². The molecule has 0 bridgehead atoms. The Morgan fingerprint density at radius 1 is 1.00 bits per heavy atom.